The molecule has 36 heavy (non-hydrogen) atoms. The van der Waals surface area contributed by atoms with Gasteiger partial charge in [0.25, 0.3) is 0 Å². The van der Waals surface area contributed by atoms with Crippen molar-refractivity contribution in [1.29, 1.82) is 0 Å². The molecular weight excluding hydrogens is 484 g/mol. The second kappa shape index (κ2) is 11.6. The van der Waals surface area contributed by atoms with Gasteiger partial charge in [-0.2, -0.15) is 11.1 Å². The monoisotopic (exact) mass is 527 g/mol. The van der Waals surface area contributed by atoms with Crippen molar-refractivity contribution in [2.24, 2.45) is 0 Å². The first kappa shape index (κ1) is 32.1. The van der Waals surface area contributed by atoms with Crippen molar-refractivity contribution in [3.63, 3.8) is 0 Å². The van der Waals surface area contributed by atoms with Crippen LogP contribution in [-0.4, -0.2) is 8.07 Å². The maximum atomic E-state index is 4.06. The van der Waals surface area contributed by atoms with Crippen molar-refractivity contribution in [3.05, 3.63) is 126 Å². The first-order valence-electron chi connectivity index (χ1n) is 12.0. The third-order valence-corrected chi connectivity index (χ3v) is 13.8. The average Bonchev–Trinajstić information content (AvgIpc) is 2.96. The number of rotatable bonds is 4. The molecule has 0 nitrogen and oxygen atoms in total. The predicted octanol–water partition coefficient (Wildman–Crippen LogP) is 7.46. The molecule has 1 aliphatic rings. The molecule has 187 valence electrons. The summed E-state index contributed by atoms with van der Waals surface area (Å²) in [6.45, 7) is 20.6. The largest absolute Gasteiger partial charge is 3.00 e. The van der Waals surface area contributed by atoms with E-state index in [9.17, 15) is 0 Å². The Hall–Kier alpha value is -1.93. The van der Waals surface area contributed by atoms with Crippen molar-refractivity contribution >= 4 is 23.6 Å². The molecule has 0 bridgehead atoms. The van der Waals surface area contributed by atoms with Gasteiger partial charge in [-0.25, -0.2) is 5.57 Å². The Balaban J connectivity index is 0.00000216. The summed E-state index contributed by atoms with van der Waals surface area (Å²) in [5.41, 5.74) is 11.0. The topological polar surface area (TPSA) is 0 Å². The van der Waals surface area contributed by atoms with Gasteiger partial charge >= 0.3 is 21.7 Å². The summed E-state index contributed by atoms with van der Waals surface area (Å²) in [6.07, 6.45) is 4.06. The number of hydrogen-bond acceptors (Lipinski definition) is 0. The maximum absolute atomic E-state index is 4.06. The minimum atomic E-state index is -2.60. The smallest absolute Gasteiger partial charge is 0.358 e. The van der Waals surface area contributed by atoms with E-state index in [-0.39, 0.29) is 41.6 Å². The second-order valence-corrected chi connectivity index (χ2v) is 14.6. The van der Waals surface area contributed by atoms with E-state index in [1.54, 1.807) is 0 Å². The third-order valence-electron chi connectivity index (χ3n) is 8.28. The van der Waals surface area contributed by atoms with Crippen molar-refractivity contribution in [2.75, 3.05) is 0 Å². The number of allylic oxidation sites excluding steroid dienone is 4. The molecule has 2 atom stereocenters. The summed E-state index contributed by atoms with van der Waals surface area (Å²) < 4.78 is 0. The molecule has 3 aromatic carbocycles. The van der Waals surface area contributed by atoms with E-state index in [2.05, 4.69) is 129 Å². The Kier molecular flexibility index (Phi) is 10.4. The van der Waals surface area contributed by atoms with Gasteiger partial charge in [0.1, 0.15) is 8.07 Å². The van der Waals surface area contributed by atoms with Crippen molar-refractivity contribution < 1.29 is 21.7 Å². The van der Waals surface area contributed by atoms with Crippen molar-refractivity contribution in [3.8, 4) is 0 Å². The zero-order chi connectivity index (χ0) is 24.1. The average molecular weight is 528 g/mol. The molecule has 0 aliphatic heterocycles. The number of hydrogen-bond donors (Lipinski definition) is 0. The number of benzene rings is 3. The van der Waals surface area contributed by atoms with Gasteiger partial charge in [0.15, 0.2) is 0 Å². The van der Waals surface area contributed by atoms with Crippen molar-refractivity contribution in [2.45, 2.75) is 67.4 Å². The molecule has 0 N–H and O–H groups in total. The normalized spacial score (nSPS) is 18.4. The maximum Gasteiger partial charge on any atom is 3.00 e. The fourth-order valence-corrected chi connectivity index (χ4v) is 12.4. The van der Waals surface area contributed by atoms with Gasteiger partial charge in [0.05, 0.1) is 0 Å². The molecule has 2 unspecified atom stereocenters. The van der Waals surface area contributed by atoms with Gasteiger partial charge in [0.2, 0.25) is 0 Å². The van der Waals surface area contributed by atoms with Crippen LogP contribution >= 0.6 is 0 Å². The zero-order valence-electron chi connectivity index (χ0n) is 24.3. The van der Waals surface area contributed by atoms with Gasteiger partial charge in [-0.3, -0.25) is 6.08 Å². The number of aryl methyl sites for hydroxylation is 4. The molecule has 0 aromatic heterocycles. The molecular formula is C34H43SiTi. The summed E-state index contributed by atoms with van der Waals surface area (Å²) in [6, 6.07) is 23.5. The van der Waals surface area contributed by atoms with Crippen LogP contribution < -0.4 is 15.6 Å². The van der Waals surface area contributed by atoms with E-state index >= 15 is 0 Å². The van der Waals surface area contributed by atoms with E-state index in [4.69, 9.17) is 0 Å². The van der Waals surface area contributed by atoms with Crippen LogP contribution in [0.15, 0.2) is 77.4 Å². The molecule has 0 spiro atoms. The van der Waals surface area contributed by atoms with Gasteiger partial charge in [-0.15, -0.1) is 6.92 Å². The fourth-order valence-electron chi connectivity index (χ4n) is 6.09. The van der Waals surface area contributed by atoms with Crippen LogP contribution in [0.3, 0.4) is 0 Å². The van der Waals surface area contributed by atoms with Crippen LogP contribution in [0.1, 0.15) is 55.5 Å². The Labute approximate surface area is 237 Å². The first-order valence-corrected chi connectivity index (χ1v) is 14.0. The van der Waals surface area contributed by atoms with Gasteiger partial charge < -0.3 is 14.9 Å². The van der Waals surface area contributed by atoms with E-state index in [0.29, 0.717) is 0 Å². The fraction of sp³-hybridized carbons (Fsp3) is 0.294. The minimum Gasteiger partial charge on any atom is -0.358 e. The quantitative estimate of drug-likeness (QED) is 0.188. The summed E-state index contributed by atoms with van der Waals surface area (Å²) >= 11 is 0. The predicted molar refractivity (Wildman–Crippen MR) is 160 cm³/mol. The van der Waals surface area contributed by atoms with E-state index < -0.39 is 8.07 Å². The van der Waals surface area contributed by atoms with E-state index in [1.165, 1.54) is 60.1 Å². The van der Waals surface area contributed by atoms with Crippen LogP contribution in [0.2, 0.25) is 5.04 Å². The SMILES string of the molecule is CC1=[C-]C(C)([Si](c2ccccc2)(c2cc(C)cc(C)c2)c2cc(C)c(C)c(C)c2)C(C)=C1C.[CH3-].[CH3-].[Ti+3]. The van der Waals surface area contributed by atoms with Crippen LogP contribution in [0.25, 0.3) is 0 Å². The molecule has 0 fully saturated rings. The minimum absolute atomic E-state index is 0. The molecule has 1 aliphatic carbocycles. The van der Waals surface area contributed by atoms with Gasteiger partial charge in [-0.05, 0) is 66.9 Å². The van der Waals surface area contributed by atoms with Gasteiger partial charge in [0, 0.05) is 0 Å². The summed E-state index contributed by atoms with van der Waals surface area (Å²) in [5, 5.41) is 4.23. The molecule has 0 saturated heterocycles. The Morgan fingerprint density at radius 1 is 0.639 bits per heavy atom. The summed E-state index contributed by atoms with van der Waals surface area (Å²) in [4.78, 5) is 0. The molecule has 3 aromatic rings. The Morgan fingerprint density at radius 3 is 1.56 bits per heavy atom. The second-order valence-electron chi connectivity index (χ2n) is 10.4. The van der Waals surface area contributed by atoms with Crippen LogP contribution in [0.4, 0.5) is 0 Å². The molecule has 1 radical (unpaired) electrons. The third kappa shape index (κ3) is 4.83. The van der Waals surface area contributed by atoms with Crippen LogP contribution in [0.5, 0.6) is 0 Å². The molecule has 2 heteroatoms. The Bertz CT molecular complexity index is 1250. The van der Waals surface area contributed by atoms with Crippen LogP contribution in [-0.2, 0) is 21.7 Å². The molecule has 0 amide bonds. The Morgan fingerprint density at radius 2 is 1.11 bits per heavy atom. The van der Waals surface area contributed by atoms with Crippen LogP contribution in [0, 0.1) is 55.5 Å². The molecule has 4 rings (SSSR count). The van der Waals surface area contributed by atoms with E-state index in [0.717, 1.165) is 0 Å². The summed E-state index contributed by atoms with van der Waals surface area (Å²) in [7, 11) is -2.60. The molecule has 0 saturated carbocycles. The zero-order valence-corrected chi connectivity index (χ0v) is 26.8. The molecule has 0 heterocycles. The van der Waals surface area contributed by atoms with Crippen molar-refractivity contribution in [1.82, 2.24) is 0 Å². The van der Waals surface area contributed by atoms with E-state index in [1.807, 2.05) is 0 Å². The standard InChI is InChI=1S/C32H37Si.2CH3.Ti/c1-21-15-22(2)17-30(16-21)33(29-13-11-10-12-14-29,31-18-23(3)26(6)24(4)19-31)32(9)20-25(5)27(7)28(32)8;;;/h10-19H,1-9H3;2*1H3;/q3*-1;+3. The van der Waals surface area contributed by atoms with Gasteiger partial charge in [-0.1, -0.05) is 97.6 Å². The summed E-state index contributed by atoms with van der Waals surface area (Å²) in [5.74, 6) is 0. The first-order chi connectivity index (χ1) is 15.5.